The third-order valence-corrected chi connectivity index (χ3v) is 6.86. The first-order valence-electron chi connectivity index (χ1n) is 12.2. The van der Waals surface area contributed by atoms with Crippen LogP contribution in [0.5, 0.6) is 0 Å². The Balaban J connectivity index is 0.000000302. The van der Waals surface area contributed by atoms with Crippen LogP contribution in [0.1, 0.15) is 61.0 Å². The number of carboxylic acid groups (broad SMARTS) is 2. The first kappa shape index (κ1) is 29.9. The van der Waals surface area contributed by atoms with Gasteiger partial charge in [-0.2, -0.15) is 5.26 Å². The average Bonchev–Trinajstić information content (AvgIpc) is 3.33. The molecule has 0 bridgehead atoms. The number of carbonyl (C=O) groups is 4. The Morgan fingerprint density at radius 2 is 1.23 bits per heavy atom. The highest BCUT2D eigenvalue weighted by molar-refractivity contribution is 6.28. The van der Waals surface area contributed by atoms with Crippen LogP contribution >= 0.6 is 0 Å². The van der Waals surface area contributed by atoms with E-state index in [0.29, 0.717) is 11.1 Å². The molecule has 3 aromatic rings. The van der Waals surface area contributed by atoms with Crippen molar-refractivity contribution in [3.05, 3.63) is 106 Å². The monoisotopic (exact) mass is 544 g/mol. The summed E-state index contributed by atoms with van der Waals surface area (Å²) in [6, 6.07) is 18.5. The molecule has 40 heavy (non-hydrogen) atoms. The number of aryl methyl sites for hydroxylation is 2. The molecule has 206 valence electrons. The Morgan fingerprint density at radius 3 is 1.60 bits per heavy atom. The van der Waals surface area contributed by atoms with Crippen molar-refractivity contribution in [1.29, 1.82) is 5.26 Å². The summed E-state index contributed by atoms with van der Waals surface area (Å²) in [5, 5.41) is 49.1. The van der Waals surface area contributed by atoms with Crippen LogP contribution in [0.2, 0.25) is 0 Å². The first-order valence-corrected chi connectivity index (χ1v) is 12.2. The average molecular weight is 545 g/mol. The number of hydrogen-bond acceptors (Lipinski definition) is 8. The number of nitrogens with zero attached hydrogens (tertiary/aromatic N) is 1. The van der Waals surface area contributed by atoms with Gasteiger partial charge in [0.05, 0.1) is 11.6 Å². The molecule has 0 saturated carbocycles. The molecule has 0 spiro atoms. The van der Waals surface area contributed by atoms with E-state index >= 15 is 0 Å². The number of nitriles is 1. The zero-order chi connectivity index (χ0) is 29.8. The second-order valence-electron chi connectivity index (χ2n) is 9.55. The van der Waals surface area contributed by atoms with E-state index in [-0.39, 0.29) is 17.2 Å². The van der Waals surface area contributed by atoms with Crippen LogP contribution in [0.3, 0.4) is 0 Å². The van der Waals surface area contributed by atoms with Crippen molar-refractivity contribution in [2.75, 3.05) is 0 Å². The number of fused-ring (bicyclic) bond motifs is 1. The number of Topliss-reactive ketones (excluding diaryl/α,β-unsaturated/α-hetero) is 2. The number of aliphatic carboxylic acids is 2. The van der Waals surface area contributed by atoms with Gasteiger partial charge in [-0.05, 0) is 43.9 Å². The fourth-order valence-electron chi connectivity index (χ4n) is 4.45. The predicted molar refractivity (Wildman–Crippen MR) is 143 cm³/mol. The van der Waals surface area contributed by atoms with Crippen LogP contribution in [0, 0.1) is 25.2 Å². The van der Waals surface area contributed by atoms with Crippen molar-refractivity contribution < 1.29 is 39.6 Å². The van der Waals surface area contributed by atoms with Gasteiger partial charge in [-0.25, -0.2) is 9.59 Å². The molecule has 0 saturated heterocycles. The predicted octanol–water partition coefficient (Wildman–Crippen LogP) is 2.50. The van der Waals surface area contributed by atoms with Gasteiger partial charge < -0.3 is 26.2 Å². The number of nitrogens with two attached hydrogens (primary N) is 1. The summed E-state index contributed by atoms with van der Waals surface area (Å²) in [6.45, 7) is 3.37. The molecule has 10 nitrogen and oxygen atoms in total. The largest absolute Gasteiger partial charge is 0.479 e. The Kier molecular flexibility index (Phi) is 8.65. The van der Waals surface area contributed by atoms with E-state index in [1.54, 1.807) is 13.8 Å². The van der Waals surface area contributed by atoms with Gasteiger partial charge in [0, 0.05) is 17.2 Å². The molecule has 6 N–H and O–H groups in total. The van der Waals surface area contributed by atoms with E-state index in [1.165, 1.54) is 24.3 Å². The molecular formula is C30H28N2O8. The lowest BCUT2D eigenvalue weighted by Crippen LogP contribution is -2.71. The third-order valence-electron chi connectivity index (χ3n) is 6.86. The first-order chi connectivity index (χ1) is 18.8. The molecule has 0 radical (unpaired) electrons. The molecule has 1 aliphatic rings. The molecule has 0 amide bonds. The van der Waals surface area contributed by atoms with Crippen LogP contribution < -0.4 is 5.73 Å². The van der Waals surface area contributed by atoms with E-state index in [4.69, 9.17) is 11.0 Å². The Morgan fingerprint density at radius 1 is 0.800 bits per heavy atom. The molecular weight excluding hydrogens is 516 g/mol. The molecule has 4 rings (SSSR count). The van der Waals surface area contributed by atoms with Gasteiger partial charge >= 0.3 is 11.9 Å². The van der Waals surface area contributed by atoms with Crippen LogP contribution in [0.4, 0.5) is 0 Å². The summed E-state index contributed by atoms with van der Waals surface area (Å²) in [5.74, 6) is -8.01. The van der Waals surface area contributed by atoms with E-state index < -0.39 is 34.7 Å². The molecule has 0 aliphatic heterocycles. The minimum Gasteiger partial charge on any atom is -0.479 e. The van der Waals surface area contributed by atoms with Crippen molar-refractivity contribution in [3.63, 3.8) is 0 Å². The molecule has 10 heteroatoms. The summed E-state index contributed by atoms with van der Waals surface area (Å²) < 4.78 is 0. The highest BCUT2D eigenvalue weighted by Crippen LogP contribution is 2.32. The molecule has 1 aliphatic carbocycles. The SMILES string of the molecule is Cc1ccc(C(=O)C(O)(C(=O)O)C(O)(C(=O)O)C(=O)c2ccc(C)cc2)cc1.N#Cc1cccc2c1CC[C@@H]2N. The zero-order valence-corrected chi connectivity index (χ0v) is 21.8. The normalized spacial score (nSPS) is 16.6. The second kappa shape index (κ2) is 11.6. The van der Waals surface area contributed by atoms with Gasteiger partial charge in [-0.1, -0.05) is 71.8 Å². The van der Waals surface area contributed by atoms with Gasteiger partial charge in [0.15, 0.2) is 0 Å². The molecule has 3 aromatic carbocycles. The maximum absolute atomic E-state index is 12.8. The lowest BCUT2D eigenvalue weighted by Gasteiger charge is -2.34. The smallest absolute Gasteiger partial charge is 0.348 e. The lowest BCUT2D eigenvalue weighted by molar-refractivity contribution is -0.187. The number of benzene rings is 3. The maximum atomic E-state index is 12.8. The molecule has 0 fully saturated rings. The van der Waals surface area contributed by atoms with Crippen molar-refractivity contribution >= 4 is 23.5 Å². The molecule has 2 unspecified atom stereocenters. The Labute approximate surface area is 229 Å². The van der Waals surface area contributed by atoms with E-state index in [2.05, 4.69) is 6.07 Å². The van der Waals surface area contributed by atoms with Crippen LogP contribution in [0.15, 0.2) is 66.7 Å². The summed E-state index contributed by atoms with van der Waals surface area (Å²) in [4.78, 5) is 49.1. The summed E-state index contributed by atoms with van der Waals surface area (Å²) in [5.41, 5.74) is 1.70. The molecule has 3 atom stereocenters. The van der Waals surface area contributed by atoms with Crippen molar-refractivity contribution in [1.82, 2.24) is 0 Å². The van der Waals surface area contributed by atoms with Gasteiger partial charge in [-0.3, -0.25) is 9.59 Å². The molecule has 0 aromatic heterocycles. The fraction of sp³-hybridized carbons (Fsp3) is 0.233. The topological polar surface area (TPSA) is 199 Å². The van der Waals surface area contributed by atoms with Gasteiger partial charge in [0.1, 0.15) is 0 Å². The Hall–Kier alpha value is -4.69. The van der Waals surface area contributed by atoms with Crippen LogP contribution in [0.25, 0.3) is 0 Å². The third kappa shape index (κ3) is 5.26. The van der Waals surface area contributed by atoms with Crippen molar-refractivity contribution in [2.24, 2.45) is 5.73 Å². The minimum atomic E-state index is -3.96. The van der Waals surface area contributed by atoms with E-state index in [1.807, 2.05) is 18.2 Å². The number of carbonyl (C=O) groups excluding carboxylic acids is 2. The number of aliphatic hydroxyl groups is 2. The fourth-order valence-corrected chi connectivity index (χ4v) is 4.45. The number of hydrogen-bond donors (Lipinski definition) is 5. The van der Waals surface area contributed by atoms with Crippen molar-refractivity contribution in [3.8, 4) is 6.07 Å². The minimum absolute atomic E-state index is 0.147. The zero-order valence-electron chi connectivity index (χ0n) is 21.8. The second-order valence-corrected chi connectivity index (χ2v) is 9.55. The lowest BCUT2D eigenvalue weighted by atomic mass is 9.73. The van der Waals surface area contributed by atoms with E-state index in [9.17, 15) is 39.6 Å². The van der Waals surface area contributed by atoms with Gasteiger partial charge in [0.25, 0.3) is 11.2 Å². The number of rotatable bonds is 7. The summed E-state index contributed by atoms with van der Waals surface area (Å²) in [7, 11) is 0. The molecule has 0 heterocycles. The highest BCUT2D eigenvalue weighted by atomic mass is 16.5. The Bertz CT molecular complexity index is 1430. The van der Waals surface area contributed by atoms with Crippen molar-refractivity contribution in [2.45, 2.75) is 43.9 Å². The van der Waals surface area contributed by atoms with Crippen LogP contribution in [-0.4, -0.2) is 55.1 Å². The highest BCUT2D eigenvalue weighted by Gasteiger charge is 2.69. The van der Waals surface area contributed by atoms with Crippen LogP contribution in [-0.2, 0) is 16.0 Å². The summed E-state index contributed by atoms with van der Waals surface area (Å²) >= 11 is 0. The van der Waals surface area contributed by atoms with Gasteiger partial charge in [0.2, 0.25) is 11.6 Å². The van der Waals surface area contributed by atoms with E-state index in [0.717, 1.165) is 53.8 Å². The summed E-state index contributed by atoms with van der Waals surface area (Å²) in [6.07, 6.45) is 1.94. The number of carboxylic acids is 2. The standard InChI is InChI=1S/C20H18O8.C10H10N2/c1-11-3-7-13(8-4-11)15(21)19(27,17(23)24)20(28,18(25)26)16(22)14-9-5-12(2)6-10-14;11-6-7-2-1-3-9-8(7)4-5-10(9)12/h3-10,27-28H,1-2H3,(H,23,24)(H,25,26);1-3,10H,4-5,12H2/t;10-/m.0/s1. The number of ketones is 2. The van der Waals surface area contributed by atoms with Gasteiger partial charge in [-0.15, -0.1) is 0 Å². The quantitative estimate of drug-likeness (QED) is 0.217. The maximum Gasteiger partial charge on any atom is 0.348 e.